The van der Waals surface area contributed by atoms with Gasteiger partial charge in [-0.3, -0.25) is 0 Å². The molecule has 0 amide bonds. The van der Waals surface area contributed by atoms with Gasteiger partial charge in [-0.25, -0.2) is 29.9 Å². The fourth-order valence-corrected chi connectivity index (χ4v) is 5.99. The van der Waals surface area contributed by atoms with Crippen LogP contribution in [0.2, 0.25) is 0 Å². The maximum atomic E-state index is 6.18. The molecule has 0 unspecified atom stereocenters. The Kier molecular flexibility index (Phi) is 6.98. The van der Waals surface area contributed by atoms with Crippen LogP contribution >= 0.6 is 0 Å². The van der Waals surface area contributed by atoms with Crippen molar-refractivity contribution in [2.45, 2.75) is 0 Å². The fourth-order valence-electron chi connectivity index (χ4n) is 5.99. The number of nitrogens with zero attached hydrogens (tertiary/aromatic N) is 6. The van der Waals surface area contributed by atoms with Crippen LogP contribution in [-0.2, 0) is 0 Å². The molecule has 0 aliphatic carbocycles. The van der Waals surface area contributed by atoms with E-state index in [2.05, 4.69) is 29.2 Å². The number of benzene rings is 5. The van der Waals surface area contributed by atoms with E-state index in [1.54, 1.807) is 6.20 Å². The lowest BCUT2D eigenvalue weighted by atomic mass is 10.0. The second kappa shape index (κ2) is 12.1. The minimum atomic E-state index is 0.533. The standard InChI is InChI=1S/C42H26N6O/c1-4-12-27(13-5-1)32-18-10-19-33(26-32)41-47-39(29-16-8-3-9-17-29)46-40(48-41)31-23-21-30(22-24-31)38-44-35(28-14-6-2-7-15-28)37-36(45-38)34-20-11-25-43-42(34)49-37/h1-26H. The van der Waals surface area contributed by atoms with Gasteiger partial charge < -0.3 is 4.42 Å². The molecule has 0 aliphatic rings. The van der Waals surface area contributed by atoms with Crippen LogP contribution in [0, 0.1) is 0 Å². The summed E-state index contributed by atoms with van der Waals surface area (Å²) >= 11 is 0. The maximum Gasteiger partial charge on any atom is 0.229 e. The van der Waals surface area contributed by atoms with Gasteiger partial charge >= 0.3 is 0 Å². The lowest BCUT2D eigenvalue weighted by Crippen LogP contribution is -2.00. The van der Waals surface area contributed by atoms with E-state index < -0.39 is 0 Å². The first-order chi connectivity index (χ1) is 24.3. The van der Waals surface area contributed by atoms with Crippen LogP contribution in [-0.4, -0.2) is 29.9 Å². The molecule has 0 saturated heterocycles. The molecule has 0 spiro atoms. The van der Waals surface area contributed by atoms with Crippen molar-refractivity contribution in [1.29, 1.82) is 0 Å². The van der Waals surface area contributed by atoms with Gasteiger partial charge in [0, 0.05) is 34.0 Å². The van der Waals surface area contributed by atoms with Crippen LogP contribution in [0.5, 0.6) is 0 Å². The van der Waals surface area contributed by atoms with E-state index in [0.717, 1.165) is 55.5 Å². The Morgan fingerprint density at radius 1 is 0.367 bits per heavy atom. The zero-order chi connectivity index (χ0) is 32.6. The Morgan fingerprint density at radius 3 is 1.53 bits per heavy atom. The Bertz CT molecular complexity index is 2590. The van der Waals surface area contributed by atoms with Gasteiger partial charge in [0.1, 0.15) is 11.2 Å². The maximum absolute atomic E-state index is 6.18. The van der Waals surface area contributed by atoms with Crippen molar-refractivity contribution in [3.05, 3.63) is 158 Å². The van der Waals surface area contributed by atoms with Gasteiger partial charge in [0.05, 0.1) is 5.39 Å². The Labute approximate surface area is 281 Å². The SMILES string of the molecule is c1ccc(-c2cccc(-c3nc(-c4ccccc4)nc(-c4ccc(-c5nc(-c6ccccc6)c6oc7ncccc7c6n5)cc4)n3)c2)cc1. The van der Waals surface area contributed by atoms with Crippen molar-refractivity contribution in [2.75, 3.05) is 0 Å². The molecule has 230 valence electrons. The number of hydrogen-bond acceptors (Lipinski definition) is 7. The second-order valence-corrected chi connectivity index (χ2v) is 11.6. The average molecular weight is 631 g/mol. The Balaban J connectivity index is 1.15. The molecule has 0 bridgehead atoms. The molecule has 0 aliphatic heterocycles. The molecule has 0 saturated carbocycles. The summed E-state index contributed by atoms with van der Waals surface area (Å²) in [4.78, 5) is 29.3. The molecule has 9 aromatic rings. The summed E-state index contributed by atoms with van der Waals surface area (Å²) in [5, 5.41) is 0.845. The molecule has 4 heterocycles. The summed E-state index contributed by atoms with van der Waals surface area (Å²) in [7, 11) is 0. The number of furan rings is 1. The van der Waals surface area contributed by atoms with Gasteiger partial charge in [-0.15, -0.1) is 0 Å². The topological polar surface area (TPSA) is 90.5 Å². The van der Waals surface area contributed by atoms with E-state index >= 15 is 0 Å². The van der Waals surface area contributed by atoms with Crippen LogP contribution < -0.4 is 0 Å². The predicted molar refractivity (Wildman–Crippen MR) is 193 cm³/mol. The first-order valence-electron chi connectivity index (χ1n) is 16.0. The number of fused-ring (bicyclic) bond motifs is 3. The summed E-state index contributed by atoms with van der Waals surface area (Å²) in [6.07, 6.45) is 1.72. The van der Waals surface area contributed by atoms with E-state index in [9.17, 15) is 0 Å². The monoisotopic (exact) mass is 630 g/mol. The van der Waals surface area contributed by atoms with Crippen LogP contribution in [0.1, 0.15) is 0 Å². The Morgan fingerprint density at radius 2 is 0.878 bits per heavy atom. The zero-order valence-corrected chi connectivity index (χ0v) is 26.1. The third kappa shape index (κ3) is 5.39. The van der Waals surface area contributed by atoms with Crippen LogP contribution in [0.15, 0.2) is 162 Å². The van der Waals surface area contributed by atoms with E-state index in [1.807, 2.05) is 127 Å². The highest BCUT2D eigenvalue weighted by Gasteiger charge is 2.19. The summed E-state index contributed by atoms with van der Waals surface area (Å²) in [5.41, 5.74) is 9.30. The molecule has 7 heteroatoms. The van der Waals surface area contributed by atoms with E-state index in [0.29, 0.717) is 34.6 Å². The number of hydrogen-bond donors (Lipinski definition) is 0. The smallest absolute Gasteiger partial charge is 0.229 e. The highest BCUT2D eigenvalue weighted by atomic mass is 16.3. The molecule has 0 fully saturated rings. The van der Waals surface area contributed by atoms with Crippen molar-refractivity contribution < 1.29 is 4.42 Å². The first-order valence-corrected chi connectivity index (χ1v) is 16.0. The van der Waals surface area contributed by atoms with Crippen LogP contribution in [0.3, 0.4) is 0 Å². The van der Waals surface area contributed by atoms with Crippen molar-refractivity contribution in [3.8, 4) is 67.9 Å². The van der Waals surface area contributed by atoms with E-state index in [1.165, 1.54) is 0 Å². The summed E-state index contributed by atoms with van der Waals surface area (Å²) < 4.78 is 6.18. The quantitative estimate of drug-likeness (QED) is 0.181. The summed E-state index contributed by atoms with van der Waals surface area (Å²) in [6.45, 7) is 0. The molecular formula is C42H26N6O. The van der Waals surface area contributed by atoms with Gasteiger partial charge in [-0.1, -0.05) is 133 Å². The number of rotatable bonds is 6. The van der Waals surface area contributed by atoms with Gasteiger partial charge in [0.15, 0.2) is 28.9 Å². The molecule has 4 aromatic heterocycles. The normalized spacial score (nSPS) is 11.3. The third-order valence-electron chi connectivity index (χ3n) is 8.43. The lowest BCUT2D eigenvalue weighted by molar-refractivity contribution is 0.652. The fraction of sp³-hybridized carbons (Fsp3) is 0. The van der Waals surface area contributed by atoms with E-state index in [-0.39, 0.29) is 0 Å². The number of aromatic nitrogens is 6. The van der Waals surface area contributed by atoms with Crippen molar-refractivity contribution in [2.24, 2.45) is 0 Å². The largest absolute Gasteiger partial charge is 0.434 e. The van der Waals surface area contributed by atoms with E-state index in [4.69, 9.17) is 29.3 Å². The first kappa shape index (κ1) is 28.4. The summed E-state index contributed by atoms with van der Waals surface area (Å²) in [5.74, 6) is 2.38. The minimum absolute atomic E-state index is 0.533. The van der Waals surface area contributed by atoms with Gasteiger partial charge in [-0.2, -0.15) is 0 Å². The Hall–Kier alpha value is -6.86. The summed E-state index contributed by atoms with van der Waals surface area (Å²) in [6, 6.07) is 50.5. The second-order valence-electron chi connectivity index (χ2n) is 11.6. The van der Waals surface area contributed by atoms with Gasteiger partial charge in [0.2, 0.25) is 5.71 Å². The zero-order valence-electron chi connectivity index (χ0n) is 26.1. The highest BCUT2D eigenvalue weighted by molar-refractivity contribution is 6.05. The van der Waals surface area contributed by atoms with Crippen LogP contribution in [0.4, 0.5) is 0 Å². The van der Waals surface area contributed by atoms with Gasteiger partial charge in [-0.05, 0) is 29.3 Å². The average Bonchev–Trinajstić information content (AvgIpc) is 3.57. The lowest BCUT2D eigenvalue weighted by Gasteiger charge is -2.10. The third-order valence-corrected chi connectivity index (χ3v) is 8.43. The highest BCUT2D eigenvalue weighted by Crippen LogP contribution is 2.35. The molecule has 0 atom stereocenters. The number of pyridine rings is 1. The molecular weight excluding hydrogens is 605 g/mol. The van der Waals surface area contributed by atoms with Crippen LogP contribution in [0.25, 0.3) is 90.1 Å². The minimum Gasteiger partial charge on any atom is -0.434 e. The van der Waals surface area contributed by atoms with Crippen molar-refractivity contribution >= 4 is 22.2 Å². The molecule has 49 heavy (non-hydrogen) atoms. The molecule has 7 nitrogen and oxygen atoms in total. The molecule has 0 N–H and O–H groups in total. The predicted octanol–water partition coefficient (Wildman–Crippen LogP) is 9.96. The van der Waals surface area contributed by atoms with Gasteiger partial charge in [0.25, 0.3) is 0 Å². The molecule has 9 rings (SSSR count). The van der Waals surface area contributed by atoms with Crippen molar-refractivity contribution in [3.63, 3.8) is 0 Å². The molecule has 5 aromatic carbocycles. The molecule has 0 radical (unpaired) electrons. The van der Waals surface area contributed by atoms with Crippen molar-refractivity contribution in [1.82, 2.24) is 29.9 Å².